The first kappa shape index (κ1) is 13.8. The molecule has 1 aromatic carbocycles. The van der Waals surface area contributed by atoms with Gasteiger partial charge < -0.3 is 5.32 Å². The molecule has 16 heavy (non-hydrogen) atoms. The van der Waals surface area contributed by atoms with Gasteiger partial charge in [-0.05, 0) is 31.0 Å². The average molecular weight is 260 g/mol. The number of benzene rings is 1. The number of hydrogen-bond acceptors (Lipinski definition) is 1. The summed E-state index contributed by atoms with van der Waals surface area (Å²) < 4.78 is 0. The largest absolute Gasteiger partial charge is 0.316 e. The van der Waals surface area contributed by atoms with Crippen molar-refractivity contribution in [1.82, 2.24) is 5.32 Å². The van der Waals surface area contributed by atoms with Crippen LogP contribution >= 0.6 is 23.2 Å². The molecular formula is C13H19Cl2N. The standard InChI is InChI=1S/C13H19Cl2N/c1-4-6-12(16-3)9(2)10-7-5-8-11(14)13(10)15/h5,7-9,12,16H,4,6H2,1-3H3. The Morgan fingerprint density at radius 2 is 2.00 bits per heavy atom. The molecule has 2 atom stereocenters. The van der Waals surface area contributed by atoms with Crippen LogP contribution in [0.1, 0.15) is 38.2 Å². The van der Waals surface area contributed by atoms with Crippen LogP contribution in [0.3, 0.4) is 0 Å². The maximum Gasteiger partial charge on any atom is 0.0627 e. The van der Waals surface area contributed by atoms with E-state index in [1.807, 2.05) is 19.2 Å². The Labute approximate surface area is 108 Å². The molecule has 0 spiro atoms. The Hall–Kier alpha value is -0.240. The highest BCUT2D eigenvalue weighted by Gasteiger charge is 2.19. The SMILES string of the molecule is CCCC(NC)C(C)c1cccc(Cl)c1Cl. The smallest absolute Gasteiger partial charge is 0.0627 e. The van der Waals surface area contributed by atoms with Gasteiger partial charge in [0.15, 0.2) is 0 Å². The van der Waals surface area contributed by atoms with Crippen LogP contribution in [0.15, 0.2) is 18.2 Å². The lowest BCUT2D eigenvalue weighted by Crippen LogP contribution is -2.30. The number of rotatable bonds is 5. The molecule has 0 amide bonds. The zero-order chi connectivity index (χ0) is 12.1. The molecule has 0 radical (unpaired) electrons. The predicted molar refractivity (Wildman–Crippen MR) is 72.6 cm³/mol. The fraction of sp³-hybridized carbons (Fsp3) is 0.538. The molecule has 1 rings (SSSR count). The molecule has 0 aliphatic rings. The lowest BCUT2D eigenvalue weighted by molar-refractivity contribution is 0.451. The van der Waals surface area contributed by atoms with Gasteiger partial charge in [0, 0.05) is 6.04 Å². The van der Waals surface area contributed by atoms with Gasteiger partial charge in [0.05, 0.1) is 10.0 Å². The fourth-order valence-electron chi connectivity index (χ4n) is 2.04. The van der Waals surface area contributed by atoms with Gasteiger partial charge in [-0.25, -0.2) is 0 Å². The Balaban J connectivity index is 2.94. The number of halogens is 2. The molecule has 0 saturated carbocycles. The minimum atomic E-state index is 0.371. The number of hydrogen-bond donors (Lipinski definition) is 1. The molecule has 1 aromatic rings. The third kappa shape index (κ3) is 3.13. The third-order valence-electron chi connectivity index (χ3n) is 3.05. The first-order valence-corrected chi connectivity index (χ1v) is 6.48. The zero-order valence-electron chi connectivity index (χ0n) is 10.1. The van der Waals surface area contributed by atoms with Crippen molar-refractivity contribution in [2.24, 2.45) is 0 Å². The molecule has 0 aromatic heterocycles. The van der Waals surface area contributed by atoms with E-state index in [0.29, 0.717) is 22.0 Å². The van der Waals surface area contributed by atoms with Crippen LogP contribution in [0, 0.1) is 0 Å². The summed E-state index contributed by atoms with van der Waals surface area (Å²) in [6.07, 6.45) is 2.30. The Bertz CT molecular complexity index is 339. The van der Waals surface area contributed by atoms with E-state index < -0.39 is 0 Å². The Morgan fingerprint density at radius 3 is 2.56 bits per heavy atom. The van der Waals surface area contributed by atoms with Gasteiger partial charge in [-0.15, -0.1) is 0 Å². The Kier molecular flexibility index (Phi) is 5.60. The van der Waals surface area contributed by atoms with Crippen molar-refractivity contribution in [3.8, 4) is 0 Å². The number of nitrogens with one attached hydrogen (secondary N) is 1. The lowest BCUT2D eigenvalue weighted by Gasteiger charge is -2.24. The predicted octanol–water partition coefficient (Wildman–Crippen LogP) is 4.49. The molecule has 2 unspecified atom stereocenters. The van der Waals surface area contributed by atoms with E-state index in [-0.39, 0.29) is 0 Å². The van der Waals surface area contributed by atoms with Gasteiger partial charge >= 0.3 is 0 Å². The topological polar surface area (TPSA) is 12.0 Å². The summed E-state index contributed by atoms with van der Waals surface area (Å²) in [7, 11) is 2.00. The van der Waals surface area contributed by atoms with Crippen molar-refractivity contribution in [2.45, 2.75) is 38.6 Å². The molecule has 1 nitrogen and oxygen atoms in total. The summed E-state index contributed by atoms with van der Waals surface area (Å²) in [5.41, 5.74) is 1.13. The number of likely N-dealkylation sites (N-methyl/N-ethyl adjacent to an activating group) is 1. The molecule has 0 aliphatic heterocycles. The van der Waals surface area contributed by atoms with Crippen LogP contribution in [-0.4, -0.2) is 13.1 Å². The van der Waals surface area contributed by atoms with Gasteiger partial charge in [0.1, 0.15) is 0 Å². The molecule has 3 heteroatoms. The van der Waals surface area contributed by atoms with E-state index in [1.165, 1.54) is 0 Å². The van der Waals surface area contributed by atoms with Crippen LogP contribution in [0.5, 0.6) is 0 Å². The van der Waals surface area contributed by atoms with Crippen molar-refractivity contribution >= 4 is 23.2 Å². The third-order valence-corrected chi connectivity index (χ3v) is 3.88. The van der Waals surface area contributed by atoms with E-state index in [0.717, 1.165) is 18.4 Å². The molecule has 0 heterocycles. The van der Waals surface area contributed by atoms with Crippen LogP contribution < -0.4 is 5.32 Å². The lowest BCUT2D eigenvalue weighted by atomic mass is 9.90. The summed E-state index contributed by atoms with van der Waals surface area (Å²) in [4.78, 5) is 0. The second-order valence-corrected chi connectivity index (χ2v) is 4.90. The van der Waals surface area contributed by atoms with E-state index in [9.17, 15) is 0 Å². The molecule has 0 bridgehead atoms. The Morgan fingerprint density at radius 1 is 1.31 bits per heavy atom. The van der Waals surface area contributed by atoms with Gasteiger partial charge in [-0.3, -0.25) is 0 Å². The van der Waals surface area contributed by atoms with Gasteiger partial charge in [0.2, 0.25) is 0 Å². The summed E-state index contributed by atoms with van der Waals surface area (Å²) >= 11 is 12.3. The summed E-state index contributed by atoms with van der Waals surface area (Å²) in [6.45, 7) is 4.38. The maximum absolute atomic E-state index is 6.23. The quantitative estimate of drug-likeness (QED) is 0.822. The van der Waals surface area contributed by atoms with Crippen molar-refractivity contribution in [2.75, 3.05) is 7.05 Å². The van der Waals surface area contributed by atoms with E-state index in [4.69, 9.17) is 23.2 Å². The summed E-state index contributed by atoms with van der Waals surface area (Å²) in [6, 6.07) is 6.28. The second kappa shape index (κ2) is 6.48. The van der Waals surface area contributed by atoms with Crippen molar-refractivity contribution in [1.29, 1.82) is 0 Å². The molecular weight excluding hydrogens is 241 g/mol. The highest BCUT2D eigenvalue weighted by Crippen LogP contribution is 2.33. The first-order chi connectivity index (χ1) is 7.61. The van der Waals surface area contributed by atoms with Crippen molar-refractivity contribution < 1.29 is 0 Å². The minimum Gasteiger partial charge on any atom is -0.316 e. The summed E-state index contributed by atoms with van der Waals surface area (Å²) in [5.74, 6) is 0.371. The van der Waals surface area contributed by atoms with Crippen LogP contribution in [0.2, 0.25) is 10.0 Å². The highest BCUT2D eigenvalue weighted by atomic mass is 35.5. The molecule has 0 saturated heterocycles. The van der Waals surface area contributed by atoms with Gasteiger partial charge in [-0.2, -0.15) is 0 Å². The van der Waals surface area contributed by atoms with Crippen molar-refractivity contribution in [3.63, 3.8) is 0 Å². The highest BCUT2D eigenvalue weighted by molar-refractivity contribution is 6.42. The molecule has 0 fully saturated rings. The van der Waals surface area contributed by atoms with Gasteiger partial charge in [-0.1, -0.05) is 55.6 Å². The maximum atomic E-state index is 6.23. The average Bonchev–Trinajstić information content (AvgIpc) is 2.29. The normalized spacial score (nSPS) is 14.8. The first-order valence-electron chi connectivity index (χ1n) is 5.73. The van der Waals surface area contributed by atoms with Crippen LogP contribution in [-0.2, 0) is 0 Å². The second-order valence-electron chi connectivity index (χ2n) is 4.12. The fourth-order valence-corrected chi connectivity index (χ4v) is 2.52. The zero-order valence-corrected chi connectivity index (χ0v) is 11.6. The van der Waals surface area contributed by atoms with E-state index in [2.05, 4.69) is 25.2 Å². The van der Waals surface area contributed by atoms with Crippen LogP contribution in [0.4, 0.5) is 0 Å². The molecule has 1 N–H and O–H groups in total. The van der Waals surface area contributed by atoms with E-state index in [1.54, 1.807) is 0 Å². The van der Waals surface area contributed by atoms with Gasteiger partial charge in [0.25, 0.3) is 0 Å². The summed E-state index contributed by atoms with van der Waals surface area (Å²) in [5, 5.41) is 4.67. The minimum absolute atomic E-state index is 0.371. The van der Waals surface area contributed by atoms with Crippen LogP contribution in [0.25, 0.3) is 0 Å². The van der Waals surface area contributed by atoms with Crippen molar-refractivity contribution in [3.05, 3.63) is 33.8 Å². The van der Waals surface area contributed by atoms with E-state index >= 15 is 0 Å². The monoisotopic (exact) mass is 259 g/mol. The molecule has 90 valence electrons. The molecule has 0 aliphatic carbocycles.